The second kappa shape index (κ2) is 7.42. The highest BCUT2D eigenvalue weighted by Gasteiger charge is 2.14. The molecule has 21 heavy (non-hydrogen) atoms. The summed E-state index contributed by atoms with van der Waals surface area (Å²) in [6.07, 6.45) is 2.62. The van der Waals surface area contributed by atoms with Crippen LogP contribution in [0.15, 0.2) is 33.2 Å². The molecule has 0 unspecified atom stereocenters. The maximum atomic E-state index is 5.72. The summed E-state index contributed by atoms with van der Waals surface area (Å²) in [5.74, 6) is 4.58. The number of benzene rings is 1. The summed E-state index contributed by atoms with van der Waals surface area (Å²) in [5.41, 5.74) is 0.931. The van der Waals surface area contributed by atoms with E-state index in [1.165, 1.54) is 24.3 Å². The molecule has 0 amide bonds. The highest BCUT2D eigenvalue weighted by atomic mass is 79.9. The summed E-state index contributed by atoms with van der Waals surface area (Å²) in [5, 5.41) is 11.7. The topological polar surface area (TPSA) is 51.0 Å². The lowest BCUT2D eigenvalue weighted by Gasteiger charge is -2.21. The lowest BCUT2D eigenvalue weighted by Crippen LogP contribution is -2.25. The van der Waals surface area contributed by atoms with Crippen LogP contribution in [0.5, 0.6) is 0 Å². The Morgan fingerprint density at radius 3 is 2.86 bits per heavy atom. The SMILES string of the molecule is Brc1ccccc1-c1nnc(CNCC2CCSCC2)o1. The predicted octanol–water partition coefficient (Wildman–Crippen LogP) is 3.73. The van der Waals surface area contributed by atoms with E-state index in [9.17, 15) is 0 Å². The summed E-state index contributed by atoms with van der Waals surface area (Å²) < 4.78 is 6.69. The van der Waals surface area contributed by atoms with E-state index in [0.29, 0.717) is 18.3 Å². The molecule has 0 atom stereocenters. The zero-order chi connectivity index (χ0) is 14.5. The molecule has 2 aromatic rings. The standard InChI is InChI=1S/C15H18BrN3OS/c16-13-4-2-1-3-12(13)15-19-18-14(20-15)10-17-9-11-5-7-21-8-6-11/h1-4,11,17H,5-10H2. The average molecular weight is 368 g/mol. The largest absolute Gasteiger partial charge is 0.419 e. The van der Waals surface area contributed by atoms with Gasteiger partial charge in [0.1, 0.15) is 0 Å². The summed E-state index contributed by atoms with van der Waals surface area (Å²) in [7, 11) is 0. The van der Waals surface area contributed by atoms with Crippen molar-refractivity contribution < 1.29 is 4.42 Å². The quantitative estimate of drug-likeness (QED) is 0.872. The molecule has 1 N–H and O–H groups in total. The molecular formula is C15H18BrN3OS. The highest BCUT2D eigenvalue weighted by Crippen LogP contribution is 2.26. The number of thioether (sulfide) groups is 1. The van der Waals surface area contributed by atoms with Gasteiger partial charge < -0.3 is 9.73 Å². The summed E-state index contributed by atoms with van der Waals surface area (Å²) in [4.78, 5) is 0. The van der Waals surface area contributed by atoms with Crippen molar-refractivity contribution in [3.05, 3.63) is 34.6 Å². The second-order valence-electron chi connectivity index (χ2n) is 5.17. The molecule has 6 heteroatoms. The number of rotatable bonds is 5. The van der Waals surface area contributed by atoms with Gasteiger partial charge in [-0.3, -0.25) is 0 Å². The average Bonchev–Trinajstić information content (AvgIpc) is 2.97. The number of aromatic nitrogens is 2. The van der Waals surface area contributed by atoms with E-state index in [-0.39, 0.29) is 0 Å². The third-order valence-electron chi connectivity index (χ3n) is 3.62. The van der Waals surface area contributed by atoms with Gasteiger partial charge in [0.25, 0.3) is 0 Å². The fourth-order valence-electron chi connectivity index (χ4n) is 2.40. The van der Waals surface area contributed by atoms with Crippen LogP contribution in [-0.4, -0.2) is 28.2 Å². The Morgan fingerprint density at radius 2 is 2.05 bits per heavy atom. The van der Waals surface area contributed by atoms with Gasteiger partial charge in [-0.25, -0.2) is 0 Å². The van der Waals surface area contributed by atoms with Crippen molar-refractivity contribution >= 4 is 27.7 Å². The molecule has 1 fully saturated rings. The van der Waals surface area contributed by atoms with Gasteiger partial charge in [-0.05, 0) is 64.9 Å². The van der Waals surface area contributed by atoms with Crippen molar-refractivity contribution in [2.75, 3.05) is 18.1 Å². The Kier molecular flexibility index (Phi) is 5.32. The molecule has 1 aromatic heterocycles. The van der Waals surface area contributed by atoms with E-state index in [1.54, 1.807) is 0 Å². The maximum absolute atomic E-state index is 5.72. The van der Waals surface area contributed by atoms with Crippen LogP contribution >= 0.6 is 27.7 Å². The van der Waals surface area contributed by atoms with Crippen molar-refractivity contribution in [1.29, 1.82) is 0 Å². The van der Waals surface area contributed by atoms with Crippen LogP contribution in [0.3, 0.4) is 0 Å². The first-order chi connectivity index (χ1) is 10.3. The van der Waals surface area contributed by atoms with Gasteiger partial charge in [-0.15, -0.1) is 10.2 Å². The van der Waals surface area contributed by atoms with Gasteiger partial charge >= 0.3 is 0 Å². The molecule has 1 saturated heterocycles. The molecule has 0 saturated carbocycles. The van der Waals surface area contributed by atoms with E-state index in [2.05, 4.69) is 43.2 Å². The normalized spacial score (nSPS) is 16.2. The molecule has 1 aliphatic rings. The minimum atomic E-state index is 0.563. The fraction of sp³-hybridized carbons (Fsp3) is 0.467. The molecule has 0 aliphatic carbocycles. The van der Waals surface area contributed by atoms with Crippen LogP contribution in [0.25, 0.3) is 11.5 Å². The third kappa shape index (κ3) is 4.08. The van der Waals surface area contributed by atoms with Crippen molar-refractivity contribution in [2.45, 2.75) is 19.4 Å². The van der Waals surface area contributed by atoms with Crippen molar-refractivity contribution in [3.63, 3.8) is 0 Å². The van der Waals surface area contributed by atoms with Crippen molar-refractivity contribution in [2.24, 2.45) is 5.92 Å². The van der Waals surface area contributed by atoms with Gasteiger partial charge in [0.05, 0.1) is 12.1 Å². The van der Waals surface area contributed by atoms with Gasteiger partial charge in [0, 0.05) is 4.47 Å². The van der Waals surface area contributed by atoms with Gasteiger partial charge in [0.2, 0.25) is 11.8 Å². The first-order valence-electron chi connectivity index (χ1n) is 7.18. The van der Waals surface area contributed by atoms with Crippen molar-refractivity contribution in [3.8, 4) is 11.5 Å². The minimum absolute atomic E-state index is 0.563. The molecule has 112 valence electrons. The number of nitrogens with zero attached hydrogens (tertiary/aromatic N) is 2. The number of hydrogen-bond acceptors (Lipinski definition) is 5. The highest BCUT2D eigenvalue weighted by molar-refractivity contribution is 9.10. The summed E-state index contributed by atoms with van der Waals surface area (Å²) >= 11 is 5.56. The zero-order valence-electron chi connectivity index (χ0n) is 11.7. The Morgan fingerprint density at radius 1 is 1.24 bits per heavy atom. The van der Waals surface area contributed by atoms with Crippen LogP contribution in [0.1, 0.15) is 18.7 Å². The third-order valence-corrected chi connectivity index (χ3v) is 5.36. The number of hydrogen-bond donors (Lipinski definition) is 1. The van der Waals surface area contributed by atoms with Crippen LogP contribution in [0.2, 0.25) is 0 Å². The predicted molar refractivity (Wildman–Crippen MR) is 89.2 cm³/mol. The first-order valence-corrected chi connectivity index (χ1v) is 9.13. The Labute approximate surface area is 137 Å². The van der Waals surface area contributed by atoms with Crippen LogP contribution in [0.4, 0.5) is 0 Å². The van der Waals surface area contributed by atoms with Gasteiger partial charge in [0.15, 0.2) is 0 Å². The maximum Gasteiger partial charge on any atom is 0.248 e. The molecule has 0 radical (unpaired) electrons. The van der Waals surface area contributed by atoms with Crippen LogP contribution in [-0.2, 0) is 6.54 Å². The monoisotopic (exact) mass is 367 g/mol. The molecule has 2 heterocycles. The number of halogens is 1. The van der Waals surface area contributed by atoms with E-state index in [1.807, 2.05) is 24.3 Å². The molecule has 1 aliphatic heterocycles. The summed E-state index contributed by atoms with van der Waals surface area (Å²) in [6.45, 7) is 1.68. The van der Waals surface area contributed by atoms with E-state index >= 15 is 0 Å². The molecule has 0 spiro atoms. The Balaban J connectivity index is 1.54. The number of nitrogens with one attached hydrogen (secondary N) is 1. The van der Waals surface area contributed by atoms with E-state index < -0.39 is 0 Å². The lowest BCUT2D eigenvalue weighted by atomic mass is 10.0. The molecule has 1 aromatic carbocycles. The molecule has 4 nitrogen and oxygen atoms in total. The van der Waals surface area contributed by atoms with Gasteiger partial charge in [-0.2, -0.15) is 11.8 Å². The summed E-state index contributed by atoms with van der Waals surface area (Å²) in [6, 6.07) is 7.87. The molecule has 0 bridgehead atoms. The fourth-order valence-corrected chi connectivity index (χ4v) is 4.06. The Hall–Kier alpha value is -0.850. The Bertz CT molecular complexity index is 584. The van der Waals surface area contributed by atoms with E-state index in [4.69, 9.17) is 4.42 Å². The first kappa shape index (κ1) is 15.1. The smallest absolute Gasteiger partial charge is 0.248 e. The van der Waals surface area contributed by atoms with Crippen LogP contribution in [0, 0.1) is 5.92 Å². The lowest BCUT2D eigenvalue weighted by molar-refractivity contribution is 0.417. The van der Waals surface area contributed by atoms with Gasteiger partial charge in [-0.1, -0.05) is 12.1 Å². The van der Waals surface area contributed by atoms with E-state index in [0.717, 1.165) is 22.5 Å². The minimum Gasteiger partial charge on any atom is -0.419 e. The van der Waals surface area contributed by atoms with Crippen LogP contribution < -0.4 is 5.32 Å². The van der Waals surface area contributed by atoms with Crippen molar-refractivity contribution in [1.82, 2.24) is 15.5 Å². The second-order valence-corrected chi connectivity index (χ2v) is 7.25. The zero-order valence-corrected chi connectivity index (χ0v) is 14.1. The molecule has 3 rings (SSSR count). The molecular weight excluding hydrogens is 350 g/mol.